The molecule has 468 valence electrons. The predicted octanol–water partition coefficient (Wildman–Crippen LogP) is 23.3. The number of carbonyl (C=O) groups excluding carboxylic acids is 2. The van der Waals surface area contributed by atoms with Crippen molar-refractivity contribution in [2.24, 2.45) is 0 Å². The van der Waals surface area contributed by atoms with Crippen LogP contribution in [0.3, 0.4) is 0 Å². The Morgan fingerprint density at radius 1 is 0.342 bits per heavy atom. The van der Waals surface area contributed by atoms with Crippen LogP contribution in [0.4, 0.5) is 0 Å². The number of ether oxygens (including phenoxy) is 1. The minimum Gasteiger partial charge on any atom is -0.466 e. The molecule has 0 heterocycles. The third-order valence-corrected chi connectivity index (χ3v) is 17.0. The summed E-state index contributed by atoms with van der Waals surface area (Å²) in [6.07, 6.45) is 86.9. The summed E-state index contributed by atoms with van der Waals surface area (Å²) in [5.41, 5.74) is 0. The van der Waals surface area contributed by atoms with E-state index in [0.717, 1.165) is 38.5 Å². The summed E-state index contributed by atoms with van der Waals surface area (Å²) in [6.45, 7) is 4.95. The molecule has 0 aromatic rings. The number of aliphatic hydroxyl groups excluding tert-OH is 2. The van der Waals surface area contributed by atoms with Gasteiger partial charge in [0.25, 0.3) is 0 Å². The van der Waals surface area contributed by atoms with E-state index in [9.17, 15) is 19.8 Å². The third kappa shape index (κ3) is 65.4. The van der Waals surface area contributed by atoms with Gasteiger partial charge in [0.15, 0.2) is 0 Å². The van der Waals surface area contributed by atoms with Gasteiger partial charge in [-0.2, -0.15) is 0 Å². The zero-order chi connectivity index (χ0) is 57.1. The molecule has 0 aliphatic heterocycles. The highest BCUT2D eigenvalue weighted by Crippen LogP contribution is 2.19. The Labute approximate surface area is 494 Å². The number of rotatable bonds is 68. The normalized spacial score (nSPS) is 12.6. The van der Waals surface area contributed by atoms with Crippen molar-refractivity contribution in [3.8, 4) is 0 Å². The van der Waals surface area contributed by atoms with E-state index in [1.54, 1.807) is 6.08 Å². The molecule has 0 rings (SSSR count). The molecule has 0 fully saturated rings. The molecule has 0 saturated carbocycles. The minimum atomic E-state index is -0.846. The molecule has 0 saturated heterocycles. The Morgan fingerprint density at radius 2 is 0.595 bits per heavy atom. The first-order valence-corrected chi connectivity index (χ1v) is 36.1. The Morgan fingerprint density at radius 3 is 0.899 bits per heavy atom. The van der Waals surface area contributed by atoms with E-state index in [2.05, 4.69) is 31.3 Å². The first-order chi connectivity index (χ1) is 39.0. The average Bonchev–Trinajstić information content (AvgIpc) is 3.45. The molecule has 2 unspecified atom stereocenters. The Hall–Kier alpha value is -1.66. The lowest BCUT2D eigenvalue weighted by Crippen LogP contribution is -2.45. The number of nitrogens with one attached hydrogen (secondary N) is 1. The van der Waals surface area contributed by atoms with Crippen LogP contribution in [0.25, 0.3) is 0 Å². The molecule has 0 spiro atoms. The second-order valence-electron chi connectivity index (χ2n) is 24.9. The van der Waals surface area contributed by atoms with E-state index < -0.39 is 12.1 Å². The van der Waals surface area contributed by atoms with E-state index in [4.69, 9.17) is 4.74 Å². The number of carbonyl (C=O) groups is 2. The van der Waals surface area contributed by atoms with Gasteiger partial charge in [0.2, 0.25) is 5.91 Å². The van der Waals surface area contributed by atoms with Crippen LogP contribution in [-0.4, -0.2) is 47.4 Å². The molecule has 0 aromatic heterocycles. The van der Waals surface area contributed by atoms with Crippen molar-refractivity contribution in [2.45, 2.75) is 418 Å². The highest BCUT2D eigenvalue weighted by molar-refractivity contribution is 5.76. The summed E-state index contributed by atoms with van der Waals surface area (Å²) in [5.74, 6) is -0.0468. The standard InChI is InChI=1S/C73H141NO5/c1-3-5-7-9-11-13-15-17-19-20-21-29-32-35-38-41-45-49-53-57-61-65-71(76)70(69-75)74-72(77)66-62-58-54-50-46-42-39-36-33-30-27-25-23-22-24-26-28-31-34-37-40-44-48-52-56-60-64-68-79-73(78)67-63-59-55-51-47-43-18-16-14-12-10-8-6-4-2/h22-23,61,65,70-71,75-76H,3-21,24-60,62-64,66-69H2,1-2H3,(H,74,77)/b23-22-,65-61+. The van der Waals surface area contributed by atoms with E-state index in [0.29, 0.717) is 19.4 Å². The zero-order valence-corrected chi connectivity index (χ0v) is 53.6. The maximum Gasteiger partial charge on any atom is 0.305 e. The van der Waals surface area contributed by atoms with Crippen LogP contribution in [-0.2, 0) is 14.3 Å². The molecule has 0 aliphatic rings. The van der Waals surface area contributed by atoms with Gasteiger partial charge in [-0.25, -0.2) is 0 Å². The van der Waals surface area contributed by atoms with Gasteiger partial charge in [0.05, 0.1) is 25.4 Å². The fourth-order valence-electron chi connectivity index (χ4n) is 11.5. The lowest BCUT2D eigenvalue weighted by atomic mass is 10.0. The van der Waals surface area contributed by atoms with E-state index in [1.165, 1.54) is 340 Å². The Kier molecular flexibility index (Phi) is 67.4. The van der Waals surface area contributed by atoms with Gasteiger partial charge in [0.1, 0.15) is 0 Å². The molecule has 0 aromatic carbocycles. The number of hydrogen-bond acceptors (Lipinski definition) is 5. The van der Waals surface area contributed by atoms with Crippen LogP contribution in [0.2, 0.25) is 0 Å². The lowest BCUT2D eigenvalue weighted by molar-refractivity contribution is -0.143. The second-order valence-corrected chi connectivity index (χ2v) is 24.9. The minimum absolute atomic E-state index is 0.0178. The summed E-state index contributed by atoms with van der Waals surface area (Å²) in [5, 5.41) is 23.3. The number of allylic oxidation sites excluding steroid dienone is 3. The van der Waals surface area contributed by atoms with Crippen LogP contribution < -0.4 is 5.32 Å². The lowest BCUT2D eigenvalue weighted by Gasteiger charge is -2.20. The van der Waals surface area contributed by atoms with Crippen LogP contribution >= 0.6 is 0 Å². The SMILES string of the molecule is CCCCCCCCCCCCCCCCCCCCC/C=C/C(O)C(CO)NC(=O)CCCCCCCCCCCCC/C=C\CCCCCCCCCCCCCCOC(=O)CCCCCCCCCCCCCCCC. The highest BCUT2D eigenvalue weighted by atomic mass is 16.5. The van der Waals surface area contributed by atoms with E-state index >= 15 is 0 Å². The van der Waals surface area contributed by atoms with Crippen molar-refractivity contribution in [3.05, 3.63) is 24.3 Å². The summed E-state index contributed by atoms with van der Waals surface area (Å²) in [7, 11) is 0. The number of esters is 1. The number of unbranched alkanes of at least 4 members (excludes halogenated alkanes) is 55. The van der Waals surface area contributed by atoms with Gasteiger partial charge in [-0.15, -0.1) is 0 Å². The maximum atomic E-state index is 12.5. The quantitative estimate of drug-likeness (QED) is 0.0320. The van der Waals surface area contributed by atoms with Crippen molar-refractivity contribution in [1.82, 2.24) is 5.32 Å². The predicted molar refractivity (Wildman–Crippen MR) is 347 cm³/mol. The fraction of sp³-hybridized carbons (Fsp3) is 0.918. The summed E-state index contributed by atoms with van der Waals surface area (Å²) in [6, 6.07) is -0.629. The largest absolute Gasteiger partial charge is 0.466 e. The molecule has 0 radical (unpaired) electrons. The van der Waals surface area contributed by atoms with Gasteiger partial charge < -0.3 is 20.3 Å². The molecule has 6 nitrogen and oxygen atoms in total. The van der Waals surface area contributed by atoms with Crippen LogP contribution in [0.5, 0.6) is 0 Å². The molecule has 1 amide bonds. The zero-order valence-electron chi connectivity index (χ0n) is 53.6. The molecule has 0 aliphatic carbocycles. The van der Waals surface area contributed by atoms with Gasteiger partial charge in [-0.3, -0.25) is 9.59 Å². The number of hydrogen-bond donors (Lipinski definition) is 3. The monoisotopic (exact) mass is 1110 g/mol. The summed E-state index contributed by atoms with van der Waals surface area (Å²) in [4.78, 5) is 24.6. The average molecular weight is 1110 g/mol. The first kappa shape index (κ1) is 77.3. The van der Waals surface area contributed by atoms with E-state index in [1.807, 2.05) is 6.08 Å². The summed E-state index contributed by atoms with van der Waals surface area (Å²) >= 11 is 0. The second kappa shape index (κ2) is 68.8. The molecule has 0 bridgehead atoms. The summed E-state index contributed by atoms with van der Waals surface area (Å²) < 4.78 is 5.49. The Bertz CT molecular complexity index is 1230. The smallest absolute Gasteiger partial charge is 0.305 e. The number of aliphatic hydroxyl groups is 2. The van der Waals surface area contributed by atoms with Gasteiger partial charge >= 0.3 is 5.97 Å². The molecule has 79 heavy (non-hydrogen) atoms. The molecular formula is C73H141NO5. The van der Waals surface area contributed by atoms with Gasteiger partial charge in [0, 0.05) is 12.8 Å². The van der Waals surface area contributed by atoms with Crippen molar-refractivity contribution in [3.63, 3.8) is 0 Å². The van der Waals surface area contributed by atoms with Crippen LogP contribution in [0, 0.1) is 0 Å². The van der Waals surface area contributed by atoms with Crippen molar-refractivity contribution in [2.75, 3.05) is 13.2 Å². The van der Waals surface area contributed by atoms with Crippen molar-refractivity contribution < 1.29 is 24.5 Å². The first-order valence-electron chi connectivity index (χ1n) is 36.1. The van der Waals surface area contributed by atoms with Crippen LogP contribution in [0.15, 0.2) is 24.3 Å². The number of amides is 1. The van der Waals surface area contributed by atoms with Gasteiger partial charge in [-0.05, 0) is 57.8 Å². The topological polar surface area (TPSA) is 95.9 Å². The van der Waals surface area contributed by atoms with Crippen molar-refractivity contribution >= 4 is 11.9 Å². The molecule has 2 atom stereocenters. The van der Waals surface area contributed by atoms with Crippen molar-refractivity contribution in [1.29, 1.82) is 0 Å². The molecular weight excluding hydrogens is 971 g/mol. The molecule has 3 N–H and O–H groups in total. The fourth-order valence-corrected chi connectivity index (χ4v) is 11.5. The molecule has 6 heteroatoms. The highest BCUT2D eigenvalue weighted by Gasteiger charge is 2.18. The Balaban J connectivity index is 3.40. The van der Waals surface area contributed by atoms with Gasteiger partial charge in [-0.1, -0.05) is 359 Å². The third-order valence-electron chi connectivity index (χ3n) is 17.0. The maximum absolute atomic E-state index is 12.5. The van der Waals surface area contributed by atoms with E-state index in [-0.39, 0.29) is 18.5 Å². The van der Waals surface area contributed by atoms with Crippen LogP contribution in [0.1, 0.15) is 406 Å².